The van der Waals surface area contributed by atoms with Crippen LogP contribution in [-0.2, 0) is 10.0 Å². The molecule has 0 saturated carbocycles. The van der Waals surface area contributed by atoms with Crippen molar-refractivity contribution >= 4 is 48.7 Å². The third-order valence-corrected chi connectivity index (χ3v) is 6.45. The first-order valence-electron chi connectivity index (χ1n) is 8.14. The molecule has 6 nitrogen and oxygen atoms in total. The Hall–Kier alpha value is -2.33. The maximum absolute atomic E-state index is 11.3. The highest BCUT2D eigenvalue weighted by molar-refractivity contribution is 7.89. The minimum Gasteiger partial charge on any atom is -0.368 e. The van der Waals surface area contributed by atoms with Crippen LogP contribution in [0.25, 0.3) is 32.0 Å². The van der Waals surface area contributed by atoms with E-state index < -0.39 is 10.0 Å². The molecule has 0 spiro atoms. The molecule has 9 heteroatoms. The summed E-state index contributed by atoms with van der Waals surface area (Å²) in [6.45, 7) is 0.179. The Morgan fingerprint density at radius 1 is 1.04 bits per heavy atom. The summed E-state index contributed by atoms with van der Waals surface area (Å²) in [4.78, 5) is 11.2. The number of anilines is 1. The Labute approximate surface area is 164 Å². The molecule has 138 valence electrons. The molecule has 0 aliphatic carbocycles. The van der Waals surface area contributed by atoms with Crippen molar-refractivity contribution in [2.75, 3.05) is 17.6 Å². The summed E-state index contributed by atoms with van der Waals surface area (Å²) in [5.74, 6) is 1.07. The van der Waals surface area contributed by atoms with Crippen LogP contribution in [0.1, 0.15) is 0 Å². The number of benzene rings is 1. The van der Waals surface area contributed by atoms with Crippen LogP contribution in [0.15, 0.2) is 53.2 Å². The second kappa shape index (κ2) is 7.35. The lowest BCUT2D eigenvalue weighted by Gasteiger charge is -2.10. The molecular weight excluding hydrogens is 400 g/mol. The van der Waals surface area contributed by atoms with Gasteiger partial charge in [0.25, 0.3) is 0 Å². The number of hydrogen-bond donors (Lipinski definition) is 2. The third-order valence-electron chi connectivity index (χ3n) is 3.94. The first-order valence-corrected chi connectivity index (χ1v) is 11.6. The number of thiophene rings is 2. The van der Waals surface area contributed by atoms with Gasteiger partial charge in [0.2, 0.25) is 10.0 Å². The Balaban J connectivity index is 1.83. The maximum Gasteiger partial charge on any atom is 0.210 e. The van der Waals surface area contributed by atoms with E-state index >= 15 is 0 Å². The van der Waals surface area contributed by atoms with Gasteiger partial charge in [0.1, 0.15) is 10.6 Å². The van der Waals surface area contributed by atoms with E-state index in [9.17, 15) is 8.42 Å². The van der Waals surface area contributed by atoms with E-state index in [0.717, 1.165) is 26.2 Å². The van der Waals surface area contributed by atoms with Crippen molar-refractivity contribution in [3.8, 4) is 21.8 Å². The molecule has 4 rings (SSSR count). The lowest BCUT2D eigenvalue weighted by Crippen LogP contribution is -2.22. The highest BCUT2D eigenvalue weighted by Crippen LogP contribution is 2.38. The van der Waals surface area contributed by atoms with Crippen molar-refractivity contribution in [1.29, 1.82) is 0 Å². The number of hydrogen-bond acceptors (Lipinski definition) is 7. The summed E-state index contributed by atoms with van der Waals surface area (Å²) in [5.41, 5.74) is 2.08. The van der Waals surface area contributed by atoms with Gasteiger partial charge in [-0.25, -0.2) is 23.5 Å². The number of sulfonamides is 1. The molecule has 0 unspecified atom stereocenters. The molecule has 0 aliphatic rings. The van der Waals surface area contributed by atoms with Crippen LogP contribution < -0.4 is 10.5 Å². The van der Waals surface area contributed by atoms with Crippen LogP contribution in [0.4, 0.5) is 5.82 Å². The van der Waals surface area contributed by atoms with Crippen molar-refractivity contribution in [1.82, 2.24) is 9.97 Å². The largest absolute Gasteiger partial charge is 0.368 e. The van der Waals surface area contributed by atoms with Crippen molar-refractivity contribution in [3.63, 3.8) is 0 Å². The summed E-state index contributed by atoms with van der Waals surface area (Å²) in [7, 11) is -3.55. The molecule has 3 N–H and O–H groups in total. The van der Waals surface area contributed by atoms with E-state index in [1.807, 2.05) is 47.8 Å². The third kappa shape index (κ3) is 4.01. The van der Waals surface area contributed by atoms with E-state index in [4.69, 9.17) is 10.1 Å². The van der Waals surface area contributed by atoms with E-state index in [2.05, 4.69) is 15.7 Å². The molecule has 3 heterocycles. The van der Waals surface area contributed by atoms with Crippen molar-refractivity contribution in [2.24, 2.45) is 5.14 Å². The van der Waals surface area contributed by atoms with Crippen molar-refractivity contribution in [2.45, 2.75) is 0 Å². The smallest absolute Gasteiger partial charge is 0.210 e. The fraction of sp³-hybridized carbons (Fsp3) is 0.111. The summed E-state index contributed by atoms with van der Waals surface area (Å²) in [6.07, 6.45) is 0. The van der Waals surface area contributed by atoms with Gasteiger partial charge < -0.3 is 5.32 Å². The minimum absolute atomic E-state index is 0.169. The molecule has 0 aliphatic heterocycles. The Kier molecular flexibility index (Phi) is 4.92. The lowest BCUT2D eigenvalue weighted by molar-refractivity contribution is 0.598. The average molecular weight is 417 g/mol. The Morgan fingerprint density at radius 2 is 1.85 bits per heavy atom. The fourth-order valence-electron chi connectivity index (χ4n) is 2.73. The quantitative estimate of drug-likeness (QED) is 0.498. The highest BCUT2D eigenvalue weighted by Gasteiger charge is 2.17. The number of nitrogens with zero attached hydrogens (tertiary/aromatic N) is 2. The normalized spacial score (nSPS) is 11.7. The first-order chi connectivity index (χ1) is 13.0. The number of nitrogens with one attached hydrogen (secondary N) is 1. The van der Waals surface area contributed by atoms with E-state index in [-0.39, 0.29) is 12.3 Å². The minimum atomic E-state index is -3.55. The van der Waals surface area contributed by atoms with Gasteiger partial charge in [0, 0.05) is 17.5 Å². The van der Waals surface area contributed by atoms with Crippen LogP contribution in [0.5, 0.6) is 0 Å². The number of primary sulfonamides is 1. The number of nitrogens with two attached hydrogens (primary N) is 1. The van der Waals surface area contributed by atoms with Crippen LogP contribution in [-0.4, -0.2) is 30.7 Å². The van der Waals surface area contributed by atoms with Crippen molar-refractivity contribution in [3.05, 3.63) is 53.2 Å². The summed E-state index contributed by atoms with van der Waals surface area (Å²) >= 11 is 3.10. The second-order valence-corrected chi connectivity index (χ2v) is 9.40. The zero-order valence-electron chi connectivity index (χ0n) is 14.1. The molecule has 3 aromatic heterocycles. The molecular formula is C18H16N4O2S3. The van der Waals surface area contributed by atoms with Crippen LogP contribution >= 0.6 is 22.7 Å². The molecule has 0 fully saturated rings. The lowest BCUT2D eigenvalue weighted by atomic mass is 10.1. The van der Waals surface area contributed by atoms with Gasteiger partial charge in [0.15, 0.2) is 5.82 Å². The van der Waals surface area contributed by atoms with Gasteiger partial charge in [-0.05, 0) is 17.0 Å². The highest BCUT2D eigenvalue weighted by atomic mass is 32.2. The molecule has 0 amide bonds. The molecule has 0 radical (unpaired) electrons. The average Bonchev–Trinajstić information content (AvgIpc) is 3.31. The summed E-state index contributed by atoms with van der Waals surface area (Å²) in [6, 6.07) is 13.9. The predicted octanol–water partition coefficient (Wildman–Crippen LogP) is 3.79. The van der Waals surface area contributed by atoms with E-state index in [1.165, 1.54) is 0 Å². The van der Waals surface area contributed by atoms with Gasteiger partial charge in [-0.3, -0.25) is 0 Å². The maximum atomic E-state index is 11.3. The molecule has 0 saturated heterocycles. The van der Waals surface area contributed by atoms with Crippen LogP contribution in [0.2, 0.25) is 0 Å². The SMILES string of the molecule is NS(=O)(=O)CCNc1nc(-c2cccs2)nc2scc(-c3ccccc3)c12. The van der Waals surface area contributed by atoms with Crippen LogP contribution in [0, 0.1) is 0 Å². The monoisotopic (exact) mass is 416 g/mol. The fourth-order valence-corrected chi connectivity index (χ4v) is 4.72. The molecule has 0 atom stereocenters. The molecule has 27 heavy (non-hydrogen) atoms. The van der Waals surface area contributed by atoms with E-state index in [1.54, 1.807) is 22.7 Å². The Morgan fingerprint density at radius 3 is 2.56 bits per heavy atom. The standard InChI is InChI=1S/C18H16N4O2S3/c19-27(23,24)10-8-20-17-15-13(12-5-2-1-3-6-12)11-26-18(15)22-16(21-17)14-7-4-9-25-14/h1-7,9,11H,8,10H2,(H2,19,23,24)(H,20,21,22). The summed E-state index contributed by atoms with van der Waals surface area (Å²) < 4.78 is 22.6. The number of aromatic nitrogens is 2. The van der Waals surface area contributed by atoms with Gasteiger partial charge in [-0.1, -0.05) is 36.4 Å². The van der Waals surface area contributed by atoms with Crippen molar-refractivity contribution < 1.29 is 8.42 Å². The molecule has 0 bridgehead atoms. The van der Waals surface area contributed by atoms with Gasteiger partial charge in [0.05, 0.1) is 16.0 Å². The topological polar surface area (TPSA) is 98.0 Å². The number of fused-ring (bicyclic) bond motifs is 1. The first kappa shape index (κ1) is 18.1. The van der Waals surface area contributed by atoms with E-state index in [0.29, 0.717) is 11.6 Å². The summed E-state index contributed by atoms with van der Waals surface area (Å²) in [5, 5.41) is 13.2. The molecule has 4 aromatic rings. The van der Waals surface area contributed by atoms with Gasteiger partial charge >= 0.3 is 0 Å². The Bertz CT molecular complexity index is 1170. The second-order valence-electron chi connectivity index (χ2n) is 5.86. The van der Waals surface area contributed by atoms with Crippen LogP contribution in [0.3, 0.4) is 0 Å². The molecule has 1 aromatic carbocycles. The zero-order chi connectivity index (χ0) is 18.9. The van der Waals surface area contributed by atoms with Gasteiger partial charge in [-0.2, -0.15) is 0 Å². The predicted molar refractivity (Wildman–Crippen MR) is 113 cm³/mol. The zero-order valence-corrected chi connectivity index (χ0v) is 16.6. The number of rotatable bonds is 6. The van der Waals surface area contributed by atoms with Gasteiger partial charge in [-0.15, -0.1) is 22.7 Å².